The van der Waals surface area contributed by atoms with Crippen LogP contribution >= 0.6 is 27.3 Å². The van der Waals surface area contributed by atoms with Crippen LogP contribution in [0.25, 0.3) is 0 Å². The van der Waals surface area contributed by atoms with Gasteiger partial charge in [-0.1, -0.05) is 0 Å². The molecule has 0 saturated heterocycles. The molecular weight excluding hydrogens is 363 g/mol. The van der Waals surface area contributed by atoms with Gasteiger partial charge < -0.3 is 4.74 Å². The lowest BCUT2D eigenvalue weighted by Gasteiger charge is -2.04. The van der Waals surface area contributed by atoms with Gasteiger partial charge in [0, 0.05) is 9.85 Å². The molecule has 0 fully saturated rings. The standard InChI is InChI=1S/C13H10BrFN2O3S/c1-20-11(18)5-8-6-21-13(16-8)17-12(19)9-4-7(15)2-3-10(9)14/h2-4,6H,5H2,1H3,(H,16,17,19). The average Bonchev–Trinajstić information content (AvgIpc) is 2.88. The highest BCUT2D eigenvalue weighted by Gasteiger charge is 2.14. The van der Waals surface area contributed by atoms with Crippen molar-refractivity contribution < 1.29 is 18.7 Å². The van der Waals surface area contributed by atoms with Gasteiger partial charge in [-0.05, 0) is 34.1 Å². The highest BCUT2D eigenvalue weighted by molar-refractivity contribution is 9.10. The molecule has 1 amide bonds. The molecule has 8 heteroatoms. The first-order valence-corrected chi connectivity index (χ1v) is 7.44. The zero-order valence-electron chi connectivity index (χ0n) is 10.9. The summed E-state index contributed by atoms with van der Waals surface area (Å²) in [7, 11) is 1.29. The van der Waals surface area contributed by atoms with E-state index in [1.807, 2.05) is 0 Å². The van der Waals surface area contributed by atoms with Gasteiger partial charge in [0.15, 0.2) is 5.13 Å². The zero-order chi connectivity index (χ0) is 15.4. The lowest BCUT2D eigenvalue weighted by atomic mass is 10.2. The molecule has 1 aromatic carbocycles. The van der Waals surface area contributed by atoms with Gasteiger partial charge in [0.1, 0.15) is 5.82 Å². The predicted molar refractivity (Wildman–Crippen MR) is 79.9 cm³/mol. The summed E-state index contributed by atoms with van der Waals surface area (Å²) in [6.07, 6.45) is 0.0343. The number of carbonyl (C=O) groups excluding carboxylic acids is 2. The Bertz CT molecular complexity index is 690. The highest BCUT2D eigenvalue weighted by atomic mass is 79.9. The van der Waals surface area contributed by atoms with E-state index in [1.54, 1.807) is 5.38 Å². The van der Waals surface area contributed by atoms with Crippen molar-refractivity contribution in [1.82, 2.24) is 4.98 Å². The van der Waals surface area contributed by atoms with Crippen molar-refractivity contribution in [3.63, 3.8) is 0 Å². The number of rotatable bonds is 4. The predicted octanol–water partition coefficient (Wildman–Crippen LogP) is 3.01. The van der Waals surface area contributed by atoms with Crippen LogP contribution < -0.4 is 5.32 Å². The molecule has 0 unspecified atom stereocenters. The van der Waals surface area contributed by atoms with Crippen molar-refractivity contribution in [3.8, 4) is 0 Å². The van der Waals surface area contributed by atoms with Crippen LogP contribution in [0.2, 0.25) is 0 Å². The van der Waals surface area contributed by atoms with E-state index in [-0.39, 0.29) is 12.0 Å². The third-order valence-electron chi connectivity index (χ3n) is 2.50. The van der Waals surface area contributed by atoms with Gasteiger partial charge in [0.25, 0.3) is 5.91 Å². The van der Waals surface area contributed by atoms with Crippen molar-refractivity contribution in [1.29, 1.82) is 0 Å². The number of hydrogen-bond acceptors (Lipinski definition) is 5. The Morgan fingerprint density at radius 3 is 2.95 bits per heavy atom. The van der Waals surface area contributed by atoms with Crippen LogP contribution in [0.5, 0.6) is 0 Å². The van der Waals surface area contributed by atoms with E-state index >= 15 is 0 Å². The van der Waals surface area contributed by atoms with E-state index in [0.29, 0.717) is 15.3 Å². The molecule has 110 valence electrons. The number of benzene rings is 1. The summed E-state index contributed by atoms with van der Waals surface area (Å²) in [4.78, 5) is 27.3. The number of thiazole rings is 1. The number of esters is 1. The summed E-state index contributed by atoms with van der Waals surface area (Å²) < 4.78 is 18.2. The third-order valence-corrected chi connectivity index (χ3v) is 4.00. The van der Waals surface area contributed by atoms with Gasteiger partial charge in [-0.25, -0.2) is 9.37 Å². The molecule has 0 aliphatic carbocycles. The van der Waals surface area contributed by atoms with Gasteiger partial charge in [-0.3, -0.25) is 14.9 Å². The summed E-state index contributed by atoms with van der Waals surface area (Å²) in [6, 6.07) is 3.83. The van der Waals surface area contributed by atoms with E-state index in [2.05, 4.69) is 31.0 Å². The Morgan fingerprint density at radius 1 is 1.48 bits per heavy atom. The van der Waals surface area contributed by atoms with Gasteiger partial charge in [-0.2, -0.15) is 0 Å². The number of nitrogens with one attached hydrogen (secondary N) is 1. The topological polar surface area (TPSA) is 68.3 Å². The smallest absolute Gasteiger partial charge is 0.311 e. The molecule has 0 bridgehead atoms. The number of ether oxygens (including phenoxy) is 1. The summed E-state index contributed by atoms with van der Waals surface area (Å²) in [5.74, 6) is -1.40. The molecule has 0 aliphatic heterocycles. The van der Waals surface area contributed by atoms with Crippen LogP contribution in [-0.2, 0) is 16.0 Å². The molecule has 0 spiro atoms. The number of anilines is 1. The van der Waals surface area contributed by atoms with Crippen molar-refractivity contribution in [2.45, 2.75) is 6.42 Å². The Kier molecular flexibility index (Phi) is 5.03. The summed E-state index contributed by atoms with van der Waals surface area (Å²) in [5, 5.41) is 4.53. The van der Waals surface area contributed by atoms with Gasteiger partial charge >= 0.3 is 5.97 Å². The largest absolute Gasteiger partial charge is 0.469 e. The van der Waals surface area contributed by atoms with Gasteiger partial charge in [0.2, 0.25) is 0 Å². The summed E-state index contributed by atoms with van der Waals surface area (Å²) >= 11 is 4.36. The number of aromatic nitrogens is 1. The molecule has 21 heavy (non-hydrogen) atoms. The number of carbonyl (C=O) groups is 2. The van der Waals surface area contributed by atoms with Gasteiger partial charge in [0.05, 0.1) is 24.8 Å². The molecule has 2 aromatic rings. The van der Waals surface area contributed by atoms with Crippen LogP contribution in [0.15, 0.2) is 28.1 Å². The first kappa shape index (κ1) is 15.6. The van der Waals surface area contributed by atoms with Crippen molar-refractivity contribution in [2.24, 2.45) is 0 Å². The maximum Gasteiger partial charge on any atom is 0.311 e. The fraction of sp³-hybridized carbons (Fsp3) is 0.154. The minimum Gasteiger partial charge on any atom is -0.469 e. The molecule has 1 heterocycles. The van der Waals surface area contributed by atoms with Crippen LogP contribution in [0.3, 0.4) is 0 Å². The summed E-state index contributed by atoms with van der Waals surface area (Å²) in [6.45, 7) is 0. The molecule has 0 aliphatic rings. The van der Waals surface area contributed by atoms with Crippen molar-refractivity contribution in [2.75, 3.05) is 12.4 Å². The molecule has 2 rings (SSSR count). The van der Waals surface area contributed by atoms with Crippen molar-refractivity contribution >= 4 is 44.3 Å². The minimum atomic E-state index is -0.506. The second-order valence-electron chi connectivity index (χ2n) is 3.98. The molecule has 1 N–H and O–H groups in total. The van der Waals surface area contributed by atoms with Crippen LogP contribution in [0, 0.1) is 5.82 Å². The molecule has 1 aromatic heterocycles. The Balaban J connectivity index is 2.09. The first-order valence-electron chi connectivity index (χ1n) is 5.77. The first-order chi connectivity index (χ1) is 9.99. The number of methoxy groups -OCH3 is 1. The maximum atomic E-state index is 13.2. The lowest BCUT2D eigenvalue weighted by Crippen LogP contribution is -2.13. The van der Waals surface area contributed by atoms with Crippen LogP contribution in [0.1, 0.15) is 16.1 Å². The molecule has 0 radical (unpaired) electrons. The van der Waals surface area contributed by atoms with E-state index in [0.717, 1.165) is 6.07 Å². The maximum absolute atomic E-state index is 13.2. The van der Waals surface area contributed by atoms with E-state index in [9.17, 15) is 14.0 Å². The van der Waals surface area contributed by atoms with Crippen molar-refractivity contribution in [3.05, 3.63) is 45.1 Å². The number of hydrogen-bond donors (Lipinski definition) is 1. The fourth-order valence-electron chi connectivity index (χ4n) is 1.50. The number of nitrogens with zero attached hydrogens (tertiary/aromatic N) is 1. The summed E-state index contributed by atoms with van der Waals surface area (Å²) in [5.41, 5.74) is 0.667. The van der Waals surface area contributed by atoms with Crippen LogP contribution in [0.4, 0.5) is 9.52 Å². The highest BCUT2D eigenvalue weighted by Crippen LogP contribution is 2.21. The monoisotopic (exact) mass is 372 g/mol. The Morgan fingerprint density at radius 2 is 2.24 bits per heavy atom. The normalized spacial score (nSPS) is 10.2. The number of amides is 1. The van der Waals surface area contributed by atoms with Gasteiger partial charge in [-0.15, -0.1) is 11.3 Å². The third kappa shape index (κ3) is 4.08. The molecule has 0 saturated carbocycles. The fourth-order valence-corrected chi connectivity index (χ4v) is 2.63. The molecule has 5 nitrogen and oxygen atoms in total. The lowest BCUT2D eigenvalue weighted by molar-refractivity contribution is -0.139. The number of halogens is 2. The van der Waals surface area contributed by atoms with E-state index in [1.165, 1.54) is 30.6 Å². The Labute approximate surface area is 132 Å². The average molecular weight is 373 g/mol. The second-order valence-corrected chi connectivity index (χ2v) is 5.69. The van der Waals surface area contributed by atoms with E-state index in [4.69, 9.17) is 0 Å². The molecule has 0 atom stereocenters. The second kappa shape index (κ2) is 6.77. The zero-order valence-corrected chi connectivity index (χ0v) is 13.3. The SMILES string of the molecule is COC(=O)Cc1csc(NC(=O)c2cc(F)ccc2Br)n1. The van der Waals surface area contributed by atoms with Crippen LogP contribution in [-0.4, -0.2) is 24.0 Å². The molecular formula is C13H10BrFN2O3S. The Hall–Kier alpha value is -1.80. The minimum absolute atomic E-state index is 0.0343. The quantitative estimate of drug-likeness (QED) is 0.837. The van der Waals surface area contributed by atoms with E-state index < -0.39 is 17.7 Å².